The highest BCUT2D eigenvalue weighted by Crippen LogP contribution is 2.24. The number of carbonyl (C=O) groups is 1. The van der Waals surface area contributed by atoms with Crippen LogP contribution in [0.2, 0.25) is 0 Å². The Bertz CT molecular complexity index is 626. The van der Waals surface area contributed by atoms with Crippen molar-refractivity contribution in [1.29, 1.82) is 0 Å². The maximum atomic E-state index is 12.2. The molecule has 3 heteroatoms. The lowest BCUT2D eigenvalue weighted by atomic mass is 9.94. The summed E-state index contributed by atoms with van der Waals surface area (Å²) in [5.74, 6) is 0.198. The van der Waals surface area contributed by atoms with Crippen LogP contribution in [-0.2, 0) is 17.9 Å². The van der Waals surface area contributed by atoms with E-state index in [2.05, 4.69) is 52.1 Å². The summed E-state index contributed by atoms with van der Waals surface area (Å²) in [7, 11) is 0. The maximum Gasteiger partial charge on any atom is 0.220 e. The summed E-state index contributed by atoms with van der Waals surface area (Å²) in [6.07, 6.45) is 8.23. The molecular formula is C20H26N2O. The van der Waals surface area contributed by atoms with E-state index in [1.807, 2.05) is 6.07 Å². The molecule has 1 aliphatic carbocycles. The number of carbonyl (C=O) groups excluding carboxylic acids is 1. The molecule has 0 aliphatic heterocycles. The smallest absolute Gasteiger partial charge is 0.220 e. The first-order valence-electron chi connectivity index (χ1n) is 8.69. The molecule has 0 radical (unpaired) electrons. The average Bonchev–Trinajstić information content (AvgIpc) is 3.01. The van der Waals surface area contributed by atoms with Crippen molar-refractivity contribution in [2.45, 2.75) is 58.2 Å². The van der Waals surface area contributed by atoms with Crippen LogP contribution in [0.3, 0.4) is 0 Å². The van der Waals surface area contributed by atoms with Crippen molar-refractivity contribution in [3.63, 3.8) is 0 Å². The van der Waals surface area contributed by atoms with Crippen molar-refractivity contribution in [1.82, 2.24) is 9.47 Å². The van der Waals surface area contributed by atoms with E-state index in [1.54, 1.807) is 6.92 Å². The summed E-state index contributed by atoms with van der Waals surface area (Å²) < 4.78 is 2.26. The highest BCUT2D eigenvalue weighted by molar-refractivity contribution is 5.73. The van der Waals surface area contributed by atoms with Gasteiger partial charge in [0.15, 0.2) is 0 Å². The van der Waals surface area contributed by atoms with Crippen molar-refractivity contribution < 1.29 is 4.79 Å². The van der Waals surface area contributed by atoms with Crippen LogP contribution in [0.4, 0.5) is 0 Å². The van der Waals surface area contributed by atoms with Crippen molar-refractivity contribution in [3.05, 3.63) is 59.9 Å². The van der Waals surface area contributed by atoms with E-state index in [0.717, 1.165) is 25.9 Å². The van der Waals surface area contributed by atoms with Crippen molar-refractivity contribution in [3.8, 4) is 0 Å². The minimum Gasteiger partial charge on any atom is -0.345 e. The third-order valence-corrected chi connectivity index (χ3v) is 4.87. The zero-order valence-electron chi connectivity index (χ0n) is 13.9. The molecule has 122 valence electrons. The van der Waals surface area contributed by atoms with Gasteiger partial charge in [0.25, 0.3) is 0 Å². The first kappa shape index (κ1) is 15.9. The van der Waals surface area contributed by atoms with Gasteiger partial charge in [-0.05, 0) is 30.5 Å². The van der Waals surface area contributed by atoms with Crippen LogP contribution >= 0.6 is 0 Å². The summed E-state index contributed by atoms with van der Waals surface area (Å²) in [6, 6.07) is 15.1. The second kappa shape index (κ2) is 7.49. The average molecular weight is 310 g/mol. The van der Waals surface area contributed by atoms with Crippen LogP contribution < -0.4 is 0 Å². The predicted molar refractivity (Wildman–Crippen MR) is 93.1 cm³/mol. The summed E-state index contributed by atoms with van der Waals surface area (Å²) in [5.41, 5.74) is 2.51. The normalized spacial score (nSPS) is 15.5. The van der Waals surface area contributed by atoms with Gasteiger partial charge >= 0.3 is 0 Å². The van der Waals surface area contributed by atoms with Gasteiger partial charge in [0.05, 0.1) is 6.54 Å². The lowest BCUT2D eigenvalue weighted by Crippen LogP contribution is -2.40. The predicted octanol–water partition coefficient (Wildman–Crippen LogP) is 4.22. The summed E-state index contributed by atoms with van der Waals surface area (Å²) in [5, 5.41) is 0. The number of hydrogen-bond acceptors (Lipinski definition) is 1. The molecule has 0 saturated heterocycles. The zero-order valence-corrected chi connectivity index (χ0v) is 13.9. The third kappa shape index (κ3) is 4.04. The van der Waals surface area contributed by atoms with Crippen LogP contribution in [0.5, 0.6) is 0 Å². The third-order valence-electron chi connectivity index (χ3n) is 4.87. The van der Waals surface area contributed by atoms with E-state index in [4.69, 9.17) is 0 Å². The molecule has 0 spiro atoms. The number of rotatable bonds is 5. The maximum absolute atomic E-state index is 12.2. The van der Waals surface area contributed by atoms with Gasteiger partial charge in [-0.1, -0.05) is 49.6 Å². The van der Waals surface area contributed by atoms with Crippen molar-refractivity contribution in [2.24, 2.45) is 0 Å². The summed E-state index contributed by atoms with van der Waals surface area (Å²) in [6.45, 7) is 3.29. The van der Waals surface area contributed by atoms with Gasteiger partial charge in [-0.15, -0.1) is 0 Å². The molecule has 0 atom stereocenters. The fourth-order valence-electron chi connectivity index (χ4n) is 3.59. The quantitative estimate of drug-likeness (QED) is 0.812. The van der Waals surface area contributed by atoms with E-state index in [0.29, 0.717) is 6.04 Å². The highest BCUT2D eigenvalue weighted by atomic mass is 16.2. The Kier molecular flexibility index (Phi) is 5.16. The van der Waals surface area contributed by atoms with E-state index >= 15 is 0 Å². The Hall–Kier alpha value is -2.03. The van der Waals surface area contributed by atoms with E-state index in [9.17, 15) is 4.79 Å². The molecule has 1 aromatic heterocycles. The summed E-state index contributed by atoms with van der Waals surface area (Å²) >= 11 is 0. The van der Waals surface area contributed by atoms with Gasteiger partial charge in [0.1, 0.15) is 0 Å². The Labute approximate surface area is 138 Å². The lowest BCUT2D eigenvalue weighted by molar-refractivity contribution is -0.132. The van der Waals surface area contributed by atoms with Crippen LogP contribution in [0.15, 0.2) is 48.7 Å². The molecule has 0 unspecified atom stereocenters. The molecule has 0 N–H and O–H groups in total. The molecule has 1 amide bonds. The molecule has 0 bridgehead atoms. The summed E-state index contributed by atoms with van der Waals surface area (Å²) in [4.78, 5) is 14.2. The monoisotopic (exact) mass is 310 g/mol. The van der Waals surface area contributed by atoms with Crippen LogP contribution in [0.25, 0.3) is 0 Å². The number of aromatic nitrogens is 1. The largest absolute Gasteiger partial charge is 0.345 e. The van der Waals surface area contributed by atoms with Gasteiger partial charge in [0, 0.05) is 31.4 Å². The van der Waals surface area contributed by atoms with E-state index in [1.165, 1.54) is 30.5 Å². The first-order chi connectivity index (χ1) is 11.2. The highest BCUT2D eigenvalue weighted by Gasteiger charge is 2.23. The Balaban J connectivity index is 1.73. The van der Waals surface area contributed by atoms with Crippen LogP contribution in [-0.4, -0.2) is 21.4 Å². The van der Waals surface area contributed by atoms with Crippen molar-refractivity contribution in [2.75, 3.05) is 0 Å². The number of benzene rings is 1. The molecule has 23 heavy (non-hydrogen) atoms. The zero-order chi connectivity index (χ0) is 16.1. The molecule has 3 rings (SSSR count). The molecule has 1 aromatic carbocycles. The second-order valence-electron chi connectivity index (χ2n) is 6.55. The number of nitrogens with zero attached hydrogens (tertiary/aromatic N) is 2. The number of amides is 1. The minimum absolute atomic E-state index is 0.198. The Morgan fingerprint density at radius 1 is 1.09 bits per heavy atom. The Morgan fingerprint density at radius 3 is 2.52 bits per heavy atom. The fraction of sp³-hybridized carbons (Fsp3) is 0.450. The molecule has 1 aliphatic rings. The Morgan fingerprint density at radius 2 is 1.83 bits per heavy atom. The molecular weight excluding hydrogens is 284 g/mol. The molecule has 1 fully saturated rings. The molecule has 3 nitrogen and oxygen atoms in total. The number of hydrogen-bond donors (Lipinski definition) is 0. The molecule has 1 heterocycles. The standard InChI is InChI=1S/C20H26N2O/c1-17(23)22(19-11-6-3-7-12-19)16-20-13-8-14-21(20)15-18-9-4-2-5-10-18/h2,4-5,8-10,13-14,19H,3,6-7,11-12,15-16H2,1H3. The first-order valence-corrected chi connectivity index (χ1v) is 8.69. The lowest BCUT2D eigenvalue weighted by Gasteiger charge is -2.34. The van der Waals surface area contributed by atoms with Gasteiger partial charge in [-0.3, -0.25) is 4.79 Å². The van der Waals surface area contributed by atoms with E-state index < -0.39 is 0 Å². The molecule has 2 aromatic rings. The van der Waals surface area contributed by atoms with Crippen LogP contribution in [0.1, 0.15) is 50.3 Å². The fourth-order valence-corrected chi connectivity index (χ4v) is 3.59. The van der Waals surface area contributed by atoms with E-state index in [-0.39, 0.29) is 5.91 Å². The van der Waals surface area contributed by atoms with Gasteiger partial charge < -0.3 is 9.47 Å². The SMILES string of the molecule is CC(=O)N(Cc1cccn1Cc1ccccc1)C1CCCCC1. The van der Waals surface area contributed by atoms with Gasteiger partial charge in [0.2, 0.25) is 5.91 Å². The molecule has 1 saturated carbocycles. The van der Waals surface area contributed by atoms with Crippen molar-refractivity contribution >= 4 is 5.91 Å². The second-order valence-corrected chi connectivity index (χ2v) is 6.55. The topological polar surface area (TPSA) is 25.2 Å². The minimum atomic E-state index is 0.198. The van der Waals surface area contributed by atoms with Gasteiger partial charge in [-0.25, -0.2) is 0 Å². The van der Waals surface area contributed by atoms with Crippen LogP contribution in [0, 0.1) is 0 Å². The van der Waals surface area contributed by atoms with Gasteiger partial charge in [-0.2, -0.15) is 0 Å².